The van der Waals surface area contributed by atoms with Crippen molar-refractivity contribution in [3.8, 4) is 0 Å². The summed E-state index contributed by atoms with van der Waals surface area (Å²) in [4.78, 5) is 24.1. The lowest BCUT2D eigenvalue weighted by Crippen LogP contribution is -2.25. The second kappa shape index (κ2) is 11.3. The van der Waals surface area contributed by atoms with E-state index in [1.807, 2.05) is 6.08 Å². The summed E-state index contributed by atoms with van der Waals surface area (Å²) < 4.78 is 5.03. The van der Waals surface area contributed by atoms with Crippen molar-refractivity contribution in [1.29, 1.82) is 0 Å². The summed E-state index contributed by atoms with van der Waals surface area (Å²) in [7, 11) is 0. The van der Waals surface area contributed by atoms with Crippen LogP contribution in [0, 0.1) is 5.92 Å². The molecule has 0 fully saturated rings. The molecule has 118 valence electrons. The lowest BCUT2D eigenvalue weighted by atomic mass is 9.96. The molecule has 0 amide bonds. The van der Waals surface area contributed by atoms with Gasteiger partial charge < -0.3 is 4.74 Å². The largest absolute Gasteiger partial charge is 0.465 e. The van der Waals surface area contributed by atoms with Gasteiger partial charge in [-0.1, -0.05) is 37.1 Å². The van der Waals surface area contributed by atoms with Gasteiger partial charge in [0.2, 0.25) is 0 Å². The number of carbonyl (C=O) groups excluding carboxylic acids is 2. The number of esters is 1. The van der Waals surface area contributed by atoms with Crippen LogP contribution >= 0.6 is 0 Å². The third-order valence-electron chi connectivity index (χ3n) is 3.71. The van der Waals surface area contributed by atoms with Crippen LogP contribution in [0.4, 0.5) is 0 Å². The molecule has 0 aliphatic heterocycles. The lowest BCUT2D eigenvalue weighted by Gasteiger charge is -2.12. The van der Waals surface area contributed by atoms with Gasteiger partial charge in [0, 0.05) is 6.42 Å². The zero-order chi connectivity index (χ0) is 15.3. The highest BCUT2D eigenvalue weighted by Crippen LogP contribution is 2.15. The SMILES string of the molecule is CCOC(=O)C1C/C=C/CCCCCC/C=C/CCC1=O. The molecule has 0 saturated carbocycles. The van der Waals surface area contributed by atoms with E-state index in [0.717, 1.165) is 19.3 Å². The fourth-order valence-corrected chi connectivity index (χ4v) is 2.47. The van der Waals surface area contributed by atoms with Crippen molar-refractivity contribution >= 4 is 11.8 Å². The van der Waals surface area contributed by atoms with Gasteiger partial charge >= 0.3 is 5.97 Å². The molecule has 21 heavy (non-hydrogen) atoms. The predicted molar refractivity (Wildman–Crippen MR) is 85.0 cm³/mol. The number of Topliss-reactive ketones (excluding diaryl/α,β-unsaturated/α-hetero) is 1. The highest BCUT2D eigenvalue weighted by molar-refractivity contribution is 5.99. The zero-order valence-electron chi connectivity index (χ0n) is 13.2. The maximum atomic E-state index is 12.2. The van der Waals surface area contributed by atoms with Gasteiger partial charge in [0.25, 0.3) is 0 Å². The van der Waals surface area contributed by atoms with Crippen LogP contribution in [0.15, 0.2) is 24.3 Å². The Morgan fingerprint density at radius 2 is 1.67 bits per heavy atom. The molecule has 0 aromatic rings. The quantitative estimate of drug-likeness (QED) is 0.431. The molecule has 0 bridgehead atoms. The average molecular weight is 292 g/mol. The lowest BCUT2D eigenvalue weighted by molar-refractivity contribution is -0.151. The predicted octanol–water partition coefficient (Wildman–Crippen LogP) is 4.37. The molecule has 3 heteroatoms. The molecule has 0 heterocycles. The van der Waals surface area contributed by atoms with E-state index in [9.17, 15) is 9.59 Å². The van der Waals surface area contributed by atoms with E-state index in [2.05, 4.69) is 18.2 Å². The Labute approximate surface area is 128 Å². The fourth-order valence-electron chi connectivity index (χ4n) is 2.47. The molecule has 1 atom stereocenters. The van der Waals surface area contributed by atoms with Crippen LogP contribution in [0.2, 0.25) is 0 Å². The molecular formula is C18H28O3. The molecule has 0 spiro atoms. The van der Waals surface area contributed by atoms with Crippen LogP contribution in [-0.2, 0) is 14.3 Å². The first-order valence-corrected chi connectivity index (χ1v) is 8.25. The third-order valence-corrected chi connectivity index (χ3v) is 3.71. The molecule has 0 radical (unpaired) electrons. The van der Waals surface area contributed by atoms with Crippen molar-refractivity contribution in [2.45, 2.75) is 64.7 Å². The third kappa shape index (κ3) is 7.84. The Balaban J connectivity index is 2.63. The van der Waals surface area contributed by atoms with E-state index in [4.69, 9.17) is 4.74 Å². The van der Waals surface area contributed by atoms with Crippen LogP contribution in [0.5, 0.6) is 0 Å². The van der Waals surface area contributed by atoms with E-state index >= 15 is 0 Å². The normalized spacial score (nSPS) is 25.4. The topological polar surface area (TPSA) is 43.4 Å². The van der Waals surface area contributed by atoms with Gasteiger partial charge in [0.05, 0.1) is 6.61 Å². The second-order valence-electron chi connectivity index (χ2n) is 5.48. The maximum absolute atomic E-state index is 12.2. The summed E-state index contributed by atoms with van der Waals surface area (Å²) in [5.74, 6) is -1.00. The number of rotatable bonds is 2. The summed E-state index contributed by atoms with van der Waals surface area (Å²) in [6.45, 7) is 2.10. The Kier molecular flexibility index (Phi) is 9.51. The Bertz CT molecular complexity index is 369. The smallest absolute Gasteiger partial charge is 0.316 e. The standard InChI is InChI=1S/C18H28O3/c1-2-21-18(20)16-14-12-10-8-6-4-3-5-7-9-11-13-15-17(16)19/h9-12,16H,2-8,13-15H2,1H3/b11-9+,12-10+. The second-order valence-corrected chi connectivity index (χ2v) is 5.48. The van der Waals surface area contributed by atoms with E-state index in [1.54, 1.807) is 6.92 Å². The molecule has 1 aliphatic carbocycles. The first-order valence-electron chi connectivity index (χ1n) is 8.25. The Morgan fingerprint density at radius 1 is 1.05 bits per heavy atom. The van der Waals surface area contributed by atoms with Crippen molar-refractivity contribution in [3.63, 3.8) is 0 Å². The van der Waals surface area contributed by atoms with Gasteiger partial charge in [-0.15, -0.1) is 0 Å². The highest BCUT2D eigenvalue weighted by Gasteiger charge is 2.25. The van der Waals surface area contributed by atoms with Gasteiger partial charge in [0.1, 0.15) is 11.7 Å². The van der Waals surface area contributed by atoms with E-state index in [1.165, 1.54) is 25.7 Å². The first kappa shape index (κ1) is 17.7. The summed E-state index contributed by atoms with van der Waals surface area (Å²) >= 11 is 0. The maximum Gasteiger partial charge on any atom is 0.316 e. The Hall–Kier alpha value is -1.38. The monoisotopic (exact) mass is 292 g/mol. The summed E-state index contributed by atoms with van der Waals surface area (Å²) in [5.41, 5.74) is 0. The minimum Gasteiger partial charge on any atom is -0.465 e. The number of allylic oxidation sites excluding steroid dienone is 4. The van der Waals surface area contributed by atoms with Crippen LogP contribution in [0.25, 0.3) is 0 Å². The molecular weight excluding hydrogens is 264 g/mol. The van der Waals surface area contributed by atoms with Crippen molar-refractivity contribution in [2.75, 3.05) is 6.61 Å². The molecule has 0 aromatic heterocycles. The van der Waals surface area contributed by atoms with Crippen LogP contribution in [0.3, 0.4) is 0 Å². The number of carbonyl (C=O) groups is 2. The van der Waals surface area contributed by atoms with E-state index in [0.29, 0.717) is 19.4 Å². The van der Waals surface area contributed by atoms with Gasteiger partial charge in [-0.05, 0) is 45.4 Å². The van der Waals surface area contributed by atoms with Crippen molar-refractivity contribution in [3.05, 3.63) is 24.3 Å². The minimum absolute atomic E-state index is 0.00220. The first-order chi connectivity index (χ1) is 10.3. The summed E-state index contributed by atoms with van der Waals surface area (Å²) in [6.07, 6.45) is 16.9. The van der Waals surface area contributed by atoms with E-state index < -0.39 is 5.92 Å². The molecule has 3 nitrogen and oxygen atoms in total. The molecule has 0 N–H and O–H groups in total. The number of ketones is 1. The van der Waals surface area contributed by atoms with Crippen LogP contribution in [-0.4, -0.2) is 18.4 Å². The number of ether oxygens (including phenoxy) is 1. The van der Waals surface area contributed by atoms with Crippen molar-refractivity contribution < 1.29 is 14.3 Å². The van der Waals surface area contributed by atoms with Gasteiger partial charge in [0.15, 0.2) is 0 Å². The fraction of sp³-hybridized carbons (Fsp3) is 0.667. The van der Waals surface area contributed by atoms with Gasteiger partial charge in [-0.3, -0.25) is 9.59 Å². The van der Waals surface area contributed by atoms with Gasteiger partial charge in [-0.25, -0.2) is 0 Å². The van der Waals surface area contributed by atoms with Crippen LogP contribution in [0.1, 0.15) is 64.7 Å². The average Bonchev–Trinajstić information content (AvgIpc) is 2.47. The molecule has 1 rings (SSSR count). The van der Waals surface area contributed by atoms with Crippen molar-refractivity contribution in [1.82, 2.24) is 0 Å². The number of hydrogen-bond donors (Lipinski definition) is 0. The van der Waals surface area contributed by atoms with E-state index in [-0.39, 0.29) is 11.8 Å². The van der Waals surface area contributed by atoms with Crippen molar-refractivity contribution in [2.24, 2.45) is 5.92 Å². The minimum atomic E-state index is -0.625. The van der Waals surface area contributed by atoms with Crippen LogP contribution < -0.4 is 0 Å². The molecule has 1 unspecified atom stereocenters. The van der Waals surface area contributed by atoms with Gasteiger partial charge in [-0.2, -0.15) is 0 Å². The summed E-state index contributed by atoms with van der Waals surface area (Å²) in [5, 5.41) is 0. The summed E-state index contributed by atoms with van der Waals surface area (Å²) in [6, 6.07) is 0. The number of hydrogen-bond acceptors (Lipinski definition) is 3. The molecule has 1 aliphatic rings. The molecule has 0 aromatic carbocycles. The highest BCUT2D eigenvalue weighted by atomic mass is 16.5. The Morgan fingerprint density at radius 3 is 2.33 bits per heavy atom. The molecule has 0 saturated heterocycles. The zero-order valence-corrected chi connectivity index (χ0v) is 13.2.